The van der Waals surface area contributed by atoms with Gasteiger partial charge in [-0.2, -0.15) is 18.2 Å². The molecule has 1 amide bonds. The Morgan fingerprint density at radius 1 is 1.25 bits per heavy atom. The van der Waals surface area contributed by atoms with Crippen LogP contribution in [0.4, 0.5) is 22.0 Å². The summed E-state index contributed by atoms with van der Waals surface area (Å²) >= 11 is 0. The van der Waals surface area contributed by atoms with E-state index in [2.05, 4.69) is 15.5 Å². The van der Waals surface area contributed by atoms with E-state index in [0.717, 1.165) is 12.1 Å². The lowest BCUT2D eigenvalue weighted by Gasteiger charge is -2.26. The molecule has 3 rings (SSSR count). The molecule has 5 nitrogen and oxygen atoms in total. The Bertz CT molecular complexity index is 825. The van der Waals surface area contributed by atoms with Gasteiger partial charge in [-0.05, 0) is 24.5 Å². The van der Waals surface area contributed by atoms with Crippen molar-refractivity contribution in [2.75, 3.05) is 0 Å². The van der Waals surface area contributed by atoms with Crippen molar-refractivity contribution >= 4 is 5.91 Å². The number of aromatic nitrogens is 2. The average molecular weight is 403 g/mol. The van der Waals surface area contributed by atoms with Crippen molar-refractivity contribution < 1.29 is 31.3 Å². The Kier molecular flexibility index (Phi) is 5.66. The fourth-order valence-electron chi connectivity index (χ4n) is 3.08. The summed E-state index contributed by atoms with van der Waals surface area (Å²) in [7, 11) is 0. The highest BCUT2D eigenvalue weighted by Gasteiger charge is 2.37. The average Bonchev–Trinajstić information content (AvgIpc) is 3.08. The van der Waals surface area contributed by atoms with Gasteiger partial charge in [0.2, 0.25) is 17.7 Å². The molecule has 28 heavy (non-hydrogen) atoms. The smallest absolute Gasteiger partial charge is 0.347 e. The van der Waals surface area contributed by atoms with Gasteiger partial charge in [-0.1, -0.05) is 23.4 Å². The zero-order valence-corrected chi connectivity index (χ0v) is 14.7. The quantitative estimate of drug-likeness (QED) is 0.759. The molecule has 1 fully saturated rings. The van der Waals surface area contributed by atoms with Gasteiger partial charge in [0.05, 0.1) is 18.5 Å². The second-order valence-electron chi connectivity index (χ2n) is 6.83. The zero-order chi connectivity index (χ0) is 20.4. The first-order chi connectivity index (χ1) is 13.1. The van der Waals surface area contributed by atoms with E-state index in [9.17, 15) is 26.7 Å². The number of nitrogens with zero attached hydrogens (tertiary/aromatic N) is 2. The second-order valence-corrected chi connectivity index (χ2v) is 6.83. The van der Waals surface area contributed by atoms with Crippen LogP contribution in [0.15, 0.2) is 28.8 Å². The molecule has 0 bridgehead atoms. The number of halogens is 5. The van der Waals surface area contributed by atoms with E-state index in [1.807, 2.05) is 0 Å². The molecule has 1 heterocycles. The van der Waals surface area contributed by atoms with Crippen LogP contribution in [0.2, 0.25) is 0 Å². The van der Waals surface area contributed by atoms with Crippen molar-refractivity contribution in [3.05, 3.63) is 47.1 Å². The van der Waals surface area contributed by atoms with Crippen LogP contribution in [0.1, 0.15) is 54.4 Å². The monoisotopic (exact) mass is 403 g/mol. The van der Waals surface area contributed by atoms with Crippen molar-refractivity contribution in [1.29, 1.82) is 0 Å². The number of benzene rings is 1. The summed E-state index contributed by atoms with van der Waals surface area (Å²) in [4.78, 5) is 16.1. The minimum Gasteiger partial charge on any atom is -0.347 e. The lowest BCUT2D eigenvalue weighted by Crippen LogP contribution is -2.25. The normalized spacial score (nSPS) is 17.5. The molecule has 0 saturated heterocycles. The van der Waals surface area contributed by atoms with Gasteiger partial charge >= 0.3 is 6.18 Å². The molecule has 152 valence electrons. The number of amides is 1. The lowest BCUT2D eigenvalue weighted by molar-refractivity contribution is -0.137. The van der Waals surface area contributed by atoms with Gasteiger partial charge in [0, 0.05) is 18.8 Å². The van der Waals surface area contributed by atoms with E-state index < -0.39 is 23.6 Å². The molecule has 10 heteroatoms. The summed E-state index contributed by atoms with van der Waals surface area (Å²) < 4.78 is 69.5. The predicted molar refractivity (Wildman–Crippen MR) is 87.4 cm³/mol. The van der Waals surface area contributed by atoms with Crippen LogP contribution in [-0.4, -0.2) is 22.0 Å². The van der Waals surface area contributed by atoms with E-state index in [-0.39, 0.29) is 56.0 Å². The summed E-state index contributed by atoms with van der Waals surface area (Å²) in [5, 5.41) is 6.28. The fraction of sp³-hybridized carbons (Fsp3) is 0.500. The van der Waals surface area contributed by atoms with Crippen LogP contribution < -0.4 is 5.32 Å². The first-order valence-electron chi connectivity index (χ1n) is 8.75. The fourth-order valence-corrected chi connectivity index (χ4v) is 3.08. The molecular weight excluding hydrogens is 385 g/mol. The van der Waals surface area contributed by atoms with E-state index in [0.29, 0.717) is 5.82 Å². The summed E-state index contributed by atoms with van der Waals surface area (Å²) in [6, 6.07) is 4.52. The predicted octanol–water partition coefficient (Wildman–Crippen LogP) is 4.24. The van der Waals surface area contributed by atoms with E-state index in [1.54, 1.807) is 0 Å². The van der Waals surface area contributed by atoms with E-state index >= 15 is 0 Å². The third-order valence-electron chi connectivity index (χ3n) is 4.62. The van der Waals surface area contributed by atoms with Crippen molar-refractivity contribution in [2.24, 2.45) is 0 Å². The number of carbonyl (C=O) groups is 1. The first kappa shape index (κ1) is 20.2. The van der Waals surface area contributed by atoms with Crippen LogP contribution in [-0.2, 0) is 23.9 Å². The highest BCUT2D eigenvalue weighted by Crippen LogP contribution is 2.39. The molecule has 1 aliphatic rings. The Morgan fingerprint density at radius 2 is 1.96 bits per heavy atom. The molecule has 0 radical (unpaired) electrons. The zero-order valence-electron chi connectivity index (χ0n) is 14.7. The minimum atomic E-state index is -4.48. The van der Waals surface area contributed by atoms with Crippen molar-refractivity contribution in [1.82, 2.24) is 15.5 Å². The van der Waals surface area contributed by atoms with Crippen molar-refractivity contribution in [2.45, 2.75) is 56.7 Å². The number of rotatable bonds is 5. The molecule has 0 unspecified atom stereocenters. The van der Waals surface area contributed by atoms with Gasteiger partial charge in [0.15, 0.2) is 5.82 Å². The molecule has 1 aliphatic carbocycles. The topological polar surface area (TPSA) is 68.0 Å². The highest BCUT2D eigenvalue weighted by molar-refractivity contribution is 5.78. The van der Waals surface area contributed by atoms with Gasteiger partial charge in [0.1, 0.15) is 0 Å². The van der Waals surface area contributed by atoms with Gasteiger partial charge in [-0.15, -0.1) is 0 Å². The van der Waals surface area contributed by atoms with E-state index in [4.69, 9.17) is 4.52 Å². The van der Waals surface area contributed by atoms with Crippen molar-refractivity contribution in [3.8, 4) is 0 Å². The van der Waals surface area contributed by atoms with Crippen LogP contribution in [0.25, 0.3) is 0 Å². The van der Waals surface area contributed by atoms with Crippen LogP contribution >= 0.6 is 0 Å². The standard InChI is InChI=1S/C18H18F5N3O2/c19-17(20)6-4-12(5-7-17)16-25-15(28-26-16)10-24-14(27)9-11-2-1-3-13(8-11)18(21,22)23/h1-3,8,12H,4-7,9-10H2,(H,24,27). The number of alkyl halides is 5. The van der Waals surface area contributed by atoms with Gasteiger partial charge in [-0.3, -0.25) is 4.79 Å². The second kappa shape index (κ2) is 7.84. The molecule has 0 atom stereocenters. The molecule has 1 N–H and O–H groups in total. The molecule has 2 aromatic rings. The maximum atomic E-state index is 13.2. The molecular formula is C18H18F5N3O2. The minimum absolute atomic E-state index is 0.0896. The van der Waals surface area contributed by atoms with Gasteiger partial charge < -0.3 is 9.84 Å². The highest BCUT2D eigenvalue weighted by atomic mass is 19.4. The number of hydrogen-bond acceptors (Lipinski definition) is 4. The largest absolute Gasteiger partial charge is 0.416 e. The van der Waals surface area contributed by atoms with Gasteiger partial charge in [0.25, 0.3) is 0 Å². The molecule has 1 aromatic carbocycles. The summed E-state index contributed by atoms with van der Waals surface area (Å²) in [5.74, 6) is -2.92. The summed E-state index contributed by atoms with van der Waals surface area (Å²) in [6.45, 7) is -0.0896. The van der Waals surface area contributed by atoms with Crippen LogP contribution in [0.5, 0.6) is 0 Å². The first-order valence-corrected chi connectivity index (χ1v) is 8.75. The number of hydrogen-bond donors (Lipinski definition) is 1. The Morgan fingerprint density at radius 3 is 2.64 bits per heavy atom. The molecule has 0 spiro atoms. The number of carbonyl (C=O) groups excluding carboxylic acids is 1. The maximum Gasteiger partial charge on any atom is 0.416 e. The third-order valence-corrected chi connectivity index (χ3v) is 4.62. The SMILES string of the molecule is O=C(Cc1cccc(C(F)(F)F)c1)NCc1nc(C2CCC(F)(F)CC2)no1. The molecule has 1 saturated carbocycles. The molecule has 1 aromatic heterocycles. The lowest BCUT2D eigenvalue weighted by atomic mass is 9.86. The van der Waals surface area contributed by atoms with Crippen molar-refractivity contribution in [3.63, 3.8) is 0 Å². The number of nitrogens with one attached hydrogen (secondary N) is 1. The summed E-state index contributed by atoms with van der Waals surface area (Å²) in [6.07, 6.45) is -4.65. The third kappa shape index (κ3) is 5.26. The Hall–Kier alpha value is -2.52. The van der Waals surface area contributed by atoms with E-state index in [1.165, 1.54) is 12.1 Å². The van der Waals surface area contributed by atoms with Gasteiger partial charge in [-0.25, -0.2) is 8.78 Å². The van der Waals surface area contributed by atoms with Crippen LogP contribution in [0, 0.1) is 0 Å². The maximum absolute atomic E-state index is 13.2. The Balaban J connectivity index is 1.51. The van der Waals surface area contributed by atoms with Crippen LogP contribution in [0.3, 0.4) is 0 Å². The summed E-state index contributed by atoms with van der Waals surface area (Å²) in [5.41, 5.74) is -0.598. The molecule has 0 aliphatic heterocycles. The Labute approximate surface area is 157 Å².